The van der Waals surface area contributed by atoms with Gasteiger partial charge in [0.2, 0.25) is 0 Å². The van der Waals surface area contributed by atoms with Gasteiger partial charge in [-0.1, -0.05) is 6.07 Å². The smallest absolute Gasteiger partial charge is 0.159 e. The Morgan fingerprint density at radius 2 is 1.56 bits per heavy atom. The molecule has 4 fully saturated rings. The Hall–Kier alpha value is -2.30. The maximum atomic E-state index is 6.48. The molecule has 4 N–H and O–H groups in total. The average molecular weight is 364 g/mol. The Bertz CT molecular complexity index is 840. The minimum absolute atomic E-state index is 0.189. The number of benzene rings is 1. The molecule has 4 aliphatic carbocycles. The highest BCUT2D eigenvalue weighted by atomic mass is 15.1. The van der Waals surface area contributed by atoms with Gasteiger partial charge in [-0.25, -0.2) is 9.97 Å². The van der Waals surface area contributed by atoms with Gasteiger partial charge in [0.1, 0.15) is 12.0 Å². The van der Waals surface area contributed by atoms with E-state index in [9.17, 15) is 0 Å². The van der Waals surface area contributed by atoms with Crippen LogP contribution in [0.3, 0.4) is 0 Å². The van der Waals surface area contributed by atoms with E-state index in [-0.39, 0.29) is 5.54 Å². The van der Waals surface area contributed by atoms with Crippen LogP contribution < -0.4 is 16.4 Å². The number of hydrogen-bond donors (Lipinski definition) is 3. The van der Waals surface area contributed by atoms with Crippen molar-refractivity contribution in [3.8, 4) is 0 Å². The molecule has 0 aliphatic heterocycles. The number of aryl methyl sites for hydroxylation is 2. The van der Waals surface area contributed by atoms with Crippen molar-refractivity contribution in [2.24, 2.45) is 17.8 Å². The molecule has 6 rings (SSSR count). The van der Waals surface area contributed by atoms with Crippen molar-refractivity contribution in [2.45, 2.75) is 57.9 Å². The van der Waals surface area contributed by atoms with Crippen LogP contribution in [0.1, 0.15) is 49.7 Å². The average Bonchev–Trinajstić information content (AvgIpc) is 2.60. The van der Waals surface area contributed by atoms with Gasteiger partial charge >= 0.3 is 0 Å². The van der Waals surface area contributed by atoms with E-state index in [1.54, 1.807) is 6.33 Å². The highest BCUT2D eigenvalue weighted by Crippen LogP contribution is 2.56. The van der Waals surface area contributed by atoms with Crippen LogP contribution in [0.15, 0.2) is 24.5 Å². The minimum Gasteiger partial charge on any atom is -0.393 e. The van der Waals surface area contributed by atoms with E-state index in [0.29, 0.717) is 11.5 Å². The number of nitrogens with one attached hydrogen (secondary N) is 2. The van der Waals surface area contributed by atoms with Gasteiger partial charge in [0.25, 0.3) is 0 Å². The summed E-state index contributed by atoms with van der Waals surface area (Å²) in [5.74, 6) is 4.14. The summed E-state index contributed by atoms with van der Waals surface area (Å²) in [5, 5.41) is 7.16. The summed E-state index contributed by atoms with van der Waals surface area (Å²) >= 11 is 0. The topological polar surface area (TPSA) is 75.9 Å². The lowest BCUT2D eigenvalue weighted by molar-refractivity contribution is 0.0106. The zero-order valence-electron chi connectivity index (χ0n) is 16.3. The van der Waals surface area contributed by atoms with Crippen molar-refractivity contribution in [2.75, 3.05) is 16.4 Å². The number of nitrogens with zero attached hydrogens (tertiary/aromatic N) is 2. The molecule has 5 heteroatoms. The van der Waals surface area contributed by atoms with Crippen molar-refractivity contribution < 1.29 is 0 Å². The molecule has 4 aliphatic rings. The fourth-order valence-corrected chi connectivity index (χ4v) is 6.07. The highest BCUT2D eigenvalue weighted by molar-refractivity contribution is 5.78. The summed E-state index contributed by atoms with van der Waals surface area (Å²) < 4.78 is 0. The van der Waals surface area contributed by atoms with Gasteiger partial charge in [-0.2, -0.15) is 0 Å². The van der Waals surface area contributed by atoms with Crippen molar-refractivity contribution in [3.63, 3.8) is 0 Å². The Morgan fingerprint density at radius 1 is 0.926 bits per heavy atom. The molecule has 4 bridgehead atoms. The maximum Gasteiger partial charge on any atom is 0.159 e. The molecule has 1 aromatic heterocycles. The second kappa shape index (κ2) is 6.11. The molecule has 0 radical (unpaired) electrons. The van der Waals surface area contributed by atoms with Crippen LogP contribution in [0.2, 0.25) is 0 Å². The first-order chi connectivity index (χ1) is 13.0. The number of aromatic nitrogens is 2. The fraction of sp³-hybridized carbons (Fsp3) is 0.545. The van der Waals surface area contributed by atoms with Gasteiger partial charge in [0, 0.05) is 11.2 Å². The summed E-state index contributed by atoms with van der Waals surface area (Å²) in [6.45, 7) is 4.23. The molecule has 5 nitrogen and oxygen atoms in total. The van der Waals surface area contributed by atoms with Crippen LogP contribution in [0.4, 0.5) is 23.0 Å². The van der Waals surface area contributed by atoms with Crippen molar-refractivity contribution >= 4 is 23.0 Å². The zero-order valence-corrected chi connectivity index (χ0v) is 16.3. The number of nitrogens with two attached hydrogens (primary N) is 1. The monoisotopic (exact) mass is 363 g/mol. The molecule has 27 heavy (non-hydrogen) atoms. The first kappa shape index (κ1) is 16.8. The number of rotatable bonds is 4. The largest absolute Gasteiger partial charge is 0.393 e. The van der Waals surface area contributed by atoms with Gasteiger partial charge in [0.15, 0.2) is 11.6 Å². The second-order valence-corrected chi connectivity index (χ2v) is 9.23. The van der Waals surface area contributed by atoms with Crippen molar-refractivity contribution in [3.05, 3.63) is 35.7 Å². The molecule has 0 unspecified atom stereocenters. The molecule has 2 aromatic rings. The fourth-order valence-electron chi connectivity index (χ4n) is 6.07. The Morgan fingerprint density at radius 3 is 2.19 bits per heavy atom. The lowest BCUT2D eigenvalue weighted by atomic mass is 9.53. The quantitative estimate of drug-likeness (QED) is 0.727. The van der Waals surface area contributed by atoms with E-state index in [4.69, 9.17) is 5.73 Å². The van der Waals surface area contributed by atoms with E-state index >= 15 is 0 Å². The van der Waals surface area contributed by atoms with Crippen LogP contribution in [-0.2, 0) is 0 Å². The van der Waals surface area contributed by atoms with Crippen molar-refractivity contribution in [1.29, 1.82) is 0 Å². The molecule has 142 valence electrons. The predicted octanol–water partition coefficient (Wildman–Crippen LogP) is 4.80. The van der Waals surface area contributed by atoms with Crippen LogP contribution >= 0.6 is 0 Å². The van der Waals surface area contributed by atoms with E-state index in [1.165, 1.54) is 49.7 Å². The maximum absolute atomic E-state index is 6.48. The summed E-state index contributed by atoms with van der Waals surface area (Å²) in [6, 6.07) is 6.31. The molecule has 0 saturated heterocycles. The third kappa shape index (κ3) is 3.03. The van der Waals surface area contributed by atoms with E-state index in [1.807, 2.05) is 0 Å². The third-order valence-corrected chi connectivity index (χ3v) is 7.08. The molecule has 0 spiro atoms. The first-order valence-corrected chi connectivity index (χ1v) is 10.2. The standard InChI is InChI=1S/C22H29N5/c1-13-3-4-18(5-14(13)2)26-20-19(23)21(25-12-24-20)27-22-9-15-6-16(10-22)8-17(7-15)11-22/h3-5,12,15-17H,6-11,23H2,1-2H3,(H2,24,25,26,27). The number of hydrogen-bond acceptors (Lipinski definition) is 5. The van der Waals surface area contributed by atoms with Gasteiger partial charge < -0.3 is 16.4 Å². The first-order valence-electron chi connectivity index (χ1n) is 10.2. The number of nitrogen functional groups attached to an aromatic ring is 1. The normalized spacial score (nSPS) is 31.1. The van der Waals surface area contributed by atoms with E-state index < -0.39 is 0 Å². The summed E-state index contributed by atoms with van der Waals surface area (Å²) in [4.78, 5) is 8.89. The molecule has 1 heterocycles. The lowest BCUT2D eigenvalue weighted by Crippen LogP contribution is -2.55. The van der Waals surface area contributed by atoms with Crippen LogP contribution in [0, 0.1) is 31.6 Å². The minimum atomic E-state index is 0.189. The van der Waals surface area contributed by atoms with E-state index in [0.717, 1.165) is 29.3 Å². The molecular formula is C22H29N5. The summed E-state index contributed by atoms with van der Waals surface area (Å²) in [6.07, 6.45) is 9.70. The van der Waals surface area contributed by atoms with Crippen LogP contribution in [-0.4, -0.2) is 15.5 Å². The third-order valence-electron chi connectivity index (χ3n) is 7.08. The summed E-state index contributed by atoms with van der Waals surface area (Å²) in [7, 11) is 0. The van der Waals surface area contributed by atoms with Crippen LogP contribution in [0.5, 0.6) is 0 Å². The van der Waals surface area contributed by atoms with Crippen molar-refractivity contribution in [1.82, 2.24) is 9.97 Å². The van der Waals surface area contributed by atoms with Gasteiger partial charge in [-0.3, -0.25) is 0 Å². The molecule has 0 atom stereocenters. The van der Waals surface area contributed by atoms with Gasteiger partial charge in [0.05, 0.1) is 0 Å². The lowest BCUT2D eigenvalue weighted by Gasteiger charge is -2.57. The molecule has 1 aromatic carbocycles. The Balaban J connectivity index is 1.39. The second-order valence-electron chi connectivity index (χ2n) is 9.23. The Kier molecular flexibility index (Phi) is 3.81. The van der Waals surface area contributed by atoms with Gasteiger partial charge in [-0.05, 0) is 93.4 Å². The molecule has 0 amide bonds. The SMILES string of the molecule is Cc1ccc(Nc2ncnc(NC34CC5CC(CC(C5)C3)C4)c2N)cc1C. The van der Waals surface area contributed by atoms with Crippen LogP contribution in [0.25, 0.3) is 0 Å². The predicted molar refractivity (Wildman–Crippen MR) is 110 cm³/mol. The molecular weight excluding hydrogens is 334 g/mol. The highest BCUT2D eigenvalue weighted by Gasteiger charge is 2.51. The van der Waals surface area contributed by atoms with Gasteiger partial charge in [-0.15, -0.1) is 0 Å². The number of anilines is 4. The summed E-state index contributed by atoms with van der Waals surface area (Å²) in [5.41, 5.74) is 10.8. The van der Waals surface area contributed by atoms with E-state index in [2.05, 4.69) is 52.6 Å². The zero-order chi connectivity index (χ0) is 18.6. The Labute approximate surface area is 161 Å². The molecule has 4 saturated carbocycles.